The Morgan fingerprint density at radius 2 is 1.84 bits per heavy atom. The number of hydrogen-bond donors (Lipinski definition) is 2. The van der Waals surface area contributed by atoms with E-state index in [1.54, 1.807) is 32.3 Å². The van der Waals surface area contributed by atoms with E-state index in [1.807, 2.05) is 36.4 Å². The summed E-state index contributed by atoms with van der Waals surface area (Å²) < 4.78 is 5.72. The molecule has 1 atom stereocenters. The third-order valence-corrected chi connectivity index (χ3v) is 5.46. The number of likely N-dealkylation sites (tertiary alicyclic amines) is 1. The summed E-state index contributed by atoms with van der Waals surface area (Å²) in [6, 6.07) is 11.8. The number of carbonyl (C=O) groups is 1. The number of nitrogens with zero attached hydrogens (tertiary/aromatic N) is 3. The summed E-state index contributed by atoms with van der Waals surface area (Å²) in [4.78, 5) is 20.4. The summed E-state index contributed by atoms with van der Waals surface area (Å²) in [5.41, 5.74) is 1.78. The van der Waals surface area contributed by atoms with Crippen LogP contribution in [0.4, 0.5) is 0 Å². The highest BCUT2D eigenvalue weighted by Crippen LogP contribution is 2.24. The maximum atomic E-state index is 12.0. The molecule has 0 spiro atoms. The molecule has 1 aliphatic heterocycles. The molecule has 1 aromatic carbocycles. The molecule has 2 heterocycles. The van der Waals surface area contributed by atoms with Gasteiger partial charge in [0.25, 0.3) is 5.91 Å². The lowest BCUT2D eigenvalue weighted by atomic mass is 10.1. The van der Waals surface area contributed by atoms with Crippen molar-refractivity contribution in [3.05, 3.63) is 59.5 Å². The lowest BCUT2D eigenvalue weighted by Gasteiger charge is -2.33. The van der Waals surface area contributed by atoms with Crippen molar-refractivity contribution >= 4 is 35.8 Å². The van der Waals surface area contributed by atoms with Crippen LogP contribution in [0.2, 0.25) is 0 Å². The minimum Gasteiger partial charge on any atom is -0.468 e. The SMILES string of the molecule is CN=C(NCc1ccc(C(=O)N(C)C)cc1)NCC(c1ccco1)N1CCCCC1.I. The smallest absolute Gasteiger partial charge is 0.253 e. The van der Waals surface area contributed by atoms with Crippen LogP contribution in [0.3, 0.4) is 0 Å². The van der Waals surface area contributed by atoms with Gasteiger partial charge in [-0.15, -0.1) is 24.0 Å². The van der Waals surface area contributed by atoms with Gasteiger partial charge in [-0.2, -0.15) is 0 Å². The van der Waals surface area contributed by atoms with Crippen LogP contribution in [-0.4, -0.2) is 62.4 Å². The number of carbonyl (C=O) groups excluding carboxylic acids is 1. The molecule has 0 aliphatic carbocycles. The van der Waals surface area contributed by atoms with Crippen LogP contribution in [0.25, 0.3) is 0 Å². The van der Waals surface area contributed by atoms with Crippen molar-refractivity contribution in [2.24, 2.45) is 4.99 Å². The average Bonchev–Trinajstić information content (AvgIpc) is 3.31. The van der Waals surface area contributed by atoms with Gasteiger partial charge in [-0.05, 0) is 55.8 Å². The normalized spacial score (nSPS) is 15.6. The van der Waals surface area contributed by atoms with Gasteiger partial charge in [-0.3, -0.25) is 14.7 Å². The standard InChI is InChI=1S/C23H33N5O2.HI/c1-24-23(25-16-18-9-11-19(12-10-18)22(29)27(2)3)26-17-20(21-8-7-15-30-21)28-13-5-4-6-14-28;/h7-12,15,20H,4-6,13-14,16-17H2,1-3H3,(H2,24,25,26);1H. The van der Waals surface area contributed by atoms with E-state index in [0.29, 0.717) is 12.1 Å². The third kappa shape index (κ3) is 7.24. The first-order chi connectivity index (χ1) is 14.6. The van der Waals surface area contributed by atoms with Crippen molar-refractivity contribution in [3.63, 3.8) is 0 Å². The number of aliphatic imine (C=N–C) groups is 1. The number of hydrogen-bond acceptors (Lipinski definition) is 4. The van der Waals surface area contributed by atoms with E-state index >= 15 is 0 Å². The number of amides is 1. The molecule has 0 saturated carbocycles. The van der Waals surface area contributed by atoms with Crippen molar-refractivity contribution in [2.75, 3.05) is 40.8 Å². The molecular weight excluding hydrogens is 505 g/mol. The molecule has 7 nitrogen and oxygen atoms in total. The molecule has 31 heavy (non-hydrogen) atoms. The van der Waals surface area contributed by atoms with Crippen LogP contribution < -0.4 is 10.6 Å². The van der Waals surface area contributed by atoms with Gasteiger partial charge in [0.2, 0.25) is 0 Å². The lowest BCUT2D eigenvalue weighted by Crippen LogP contribution is -2.44. The van der Waals surface area contributed by atoms with Crippen LogP contribution in [-0.2, 0) is 6.54 Å². The Balaban J connectivity index is 0.00000341. The number of piperidine rings is 1. The molecule has 0 radical (unpaired) electrons. The molecule has 1 aromatic heterocycles. The van der Waals surface area contributed by atoms with Gasteiger partial charge in [-0.25, -0.2) is 0 Å². The highest BCUT2D eigenvalue weighted by atomic mass is 127. The summed E-state index contributed by atoms with van der Waals surface area (Å²) >= 11 is 0. The zero-order valence-electron chi connectivity index (χ0n) is 18.6. The quantitative estimate of drug-likeness (QED) is 0.320. The average molecular weight is 539 g/mol. The number of halogens is 1. The molecule has 0 bridgehead atoms. The first-order valence-electron chi connectivity index (χ1n) is 10.6. The van der Waals surface area contributed by atoms with Crippen LogP contribution in [0.5, 0.6) is 0 Å². The van der Waals surface area contributed by atoms with E-state index in [2.05, 4.69) is 20.5 Å². The fourth-order valence-corrected chi connectivity index (χ4v) is 3.74. The van der Waals surface area contributed by atoms with Crippen LogP contribution in [0.15, 0.2) is 52.1 Å². The van der Waals surface area contributed by atoms with Crippen molar-refractivity contribution < 1.29 is 9.21 Å². The zero-order chi connectivity index (χ0) is 21.3. The number of benzene rings is 1. The van der Waals surface area contributed by atoms with Crippen molar-refractivity contribution in [2.45, 2.75) is 31.8 Å². The maximum Gasteiger partial charge on any atom is 0.253 e. The Bertz CT molecular complexity index is 815. The highest BCUT2D eigenvalue weighted by Gasteiger charge is 2.24. The number of nitrogens with one attached hydrogen (secondary N) is 2. The van der Waals surface area contributed by atoms with Crippen molar-refractivity contribution in [3.8, 4) is 0 Å². The van der Waals surface area contributed by atoms with Gasteiger partial charge in [-0.1, -0.05) is 18.6 Å². The topological polar surface area (TPSA) is 73.1 Å². The molecule has 1 saturated heterocycles. The molecule has 1 aliphatic rings. The van der Waals surface area contributed by atoms with Gasteiger partial charge in [0.15, 0.2) is 5.96 Å². The Morgan fingerprint density at radius 3 is 2.42 bits per heavy atom. The molecule has 170 valence electrons. The molecule has 2 aromatic rings. The summed E-state index contributed by atoms with van der Waals surface area (Å²) in [7, 11) is 5.29. The Morgan fingerprint density at radius 1 is 1.13 bits per heavy atom. The fraction of sp³-hybridized carbons (Fsp3) is 0.478. The van der Waals surface area contributed by atoms with Crippen molar-refractivity contribution in [1.29, 1.82) is 0 Å². The molecule has 1 amide bonds. The number of furan rings is 1. The van der Waals surface area contributed by atoms with Gasteiger partial charge in [0, 0.05) is 39.8 Å². The van der Waals surface area contributed by atoms with Crippen LogP contribution in [0.1, 0.15) is 47.0 Å². The minimum absolute atomic E-state index is 0. The summed E-state index contributed by atoms with van der Waals surface area (Å²) in [6.07, 6.45) is 5.51. The van der Waals surface area contributed by atoms with E-state index in [-0.39, 0.29) is 35.9 Å². The van der Waals surface area contributed by atoms with E-state index in [9.17, 15) is 4.79 Å². The van der Waals surface area contributed by atoms with Gasteiger partial charge >= 0.3 is 0 Å². The highest BCUT2D eigenvalue weighted by molar-refractivity contribution is 14.0. The van der Waals surface area contributed by atoms with E-state index in [4.69, 9.17) is 4.42 Å². The van der Waals surface area contributed by atoms with E-state index < -0.39 is 0 Å². The number of rotatable bonds is 7. The number of guanidine groups is 1. The molecule has 3 rings (SSSR count). The predicted octanol–water partition coefficient (Wildman–Crippen LogP) is 3.49. The summed E-state index contributed by atoms with van der Waals surface area (Å²) in [5, 5.41) is 6.80. The molecule has 1 unspecified atom stereocenters. The molecule has 8 heteroatoms. The summed E-state index contributed by atoms with van der Waals surface area (Å²) in [5.74, 6) is 1.74. The first-order valence-corrected chi connectivity index (χ1v) is 10.6. The third-order valence-electron chi connectivity index (χ3n) is 5.46. The molecule has 2 N–H and O–H groups in total. The largest absolute Gasteiger partial charge is 0.468 e. The predicted molar refractivity (Wildman–Crippen MR) is 135 cm³/mol. The van der Waals surface area contributed by atoms with Gasteiger partial charge < -0.3 is 20.0 Å². The van der Waals surface area contributed by atoms with Crippen molar-refractivity contribution in [1.82, 2.24) is 20.4 Å². The van der Waals surface area contributed by atoms with Crippen LogP contribution in [0, 0.1) is 0 Å². The minimum atomic E-state index is 0. The summed E-state index contributed by atoms with van der Waals surface area (Å²) in [6.45, 7) is 3.54. The Hall–Kier alpha value is -2.07. The van der Waals surface area contributed by atoms with E-state index in [1.165, 1.54) is 19.3 Å². The Kier molecular flexibility index (Phi) is 10.3. The zero-order valence-corrected chi connectivity index (χ0v) is 21.0. The van der Waals surface area contributed by atoms with E-state index in [0.717, 1.165) is 36.9 Å². The monoisotopic (exact) mass is 539 g/mol. The molecule has 1 fully saturated rings. The van der Waals surface area contributed by atoms with Crippen LogP contribution >= 0.6 is 24.0 Å². The fourth-order valence-electron chi connectivity index (χ4n) is 3.74. The maximum absolute atomic E-state index is 12.0. The van der Waals surface area contributed by atoms with Gasteiger partial charge in [0.1, 0.15) is 5.76 Å². The first kappa shape index (κ1) is 25.2. The molecular formula is C23H34IN5O2. The Labute approximate surface area is 202 Å². The second-order valence-corrected chi connectivity index (χ2v) is 7.83. The lowest BCUT2D eigenvalue weighted by molar-refractivity contribution is 0.0827. The second kappa shape index (κ2) is 12.7. The van der Waals surface area contributed by atoms with Gasteiger partial charge in [0.05, 0.1) is 12.3 Å². The second-order valence-electron chi connectivity index (χ2n) is 7.83.